The van der Waals surface area contributed by atoms with Crippen molar-refractivity contribution in [2.24, 2.45) is 0 Å². The summed E-state index contributed by atoms with van der Waals surface area (Å²) in [6, 6.07) is 7.41. The standard InChI is InChI=1S/C11H11N3O2/c1-16-11(15)13-9-4-2-3-5-10(9)14-7-6-12-8-14/h2-8H,1H3,(H,13,15). The smallest absolute Gasteiger partial charge is 0.411 e. The molecule has 1 aromatic heterocycles. The average molecular weight is 217 g/mol. The maximum absolute atomic E-state index is 11.1. The quantitative estimate of drug-likeness (QED) is 0.837. The van der Waals surface area contributed by atoms with Crippen LogP contribution in [0.25, 0.3) is 5.69 Å². The van der Waals surface area contributed by atoms with Gasteiger partial charge in [0.2, 0.25) is 0 Å². The molecule has 0 aliphatic rings. The summed E-state index contributed by atoms with van der Waals surface area (Å²) in [6.45, 7) is 0. The number of aromatic nitrogens is 2. The third-order valence-corrected chi connectivity index (χ3v) is 2.11. The maximum atomic E-state index is 11.1. The van der Waals surface area contributed by atoms with Crippen molar-refractivity contribution < 1.29 is 9.53 Å². The van der Waals surface area contributed by atoms with Gasteiger partial charge in [-0.05, 0) is 12.1 Å². The number of carbonyl (C=O) groups is 1. The molecular formula is C11H11N3O2. The van der Waals surface area contributed by atoms with Crippen LogP contribution < -0.4 is 5.32 Å². The Balaban J connectivity index is 2.35. The Bertz CT molecular complexity index is 480. The maximum Gasteiger partial charge on any atom is 0.411 e. The molecule has 82 valence electrons. The summed E-state index contributed by atoms with van der Waals surface area (Å²) in [4.78, 5) is 15.1. The highest BCUT2D eigenvalue weighted by Crippen LogP contribution is 2.19. The van der Waals surface area contributed by atoms with E-state index in [2.05, 4.69) is 15.0 Å². The first-order valence-corrected chi connectivity index (χ1v) is 4.73. The van der Waals surface area contributed by atoms with Gasteiger partial charge in [0.15, 0.2) is 0 Å². The van der Waals surface area contributed by atoms with Crippen LogP contribution in [0.3, 0.4) is 0 Å². The summed E-state index contributed by atoms with van der Waals surface area (Å²) in [5.74, 6) is 0. The zero-order valence-corrected chi connectivity index (χ0v) is 8.75. The van der Waals surface area contributed by atoms with Gasteiger partial charge < -0.3 is 9.30 Å². The molecule has 0 fully saturated rings. The number of nitrogens with one attached hydrogen (secondary N) is 1. The lowest BCUT2D eigenvalue weighted by Crippen LogP contribution is -2.12. The highest BCUT2D eigenvalue weighted by molar-refractivity contribution is 5.87. The zero-order valence-electron chi connectivity index (χ0n) is 8.75. The van der Waals surface area contributed by atoms with Crippen LogP contribution in [0.4, 0.5) is 10.5 Å². The summed E-state index contributed by atoms with van der Waals surface area (Å²) in [5.41, 5.74) is 1.51. The van der Waals surface area contributed by atoms with E-state index in [1.54, 1.807) is 24.8 Å². The number of hydrogen-bond donors (Lipinski definition) is 1. The van der Waals surface area contributed by atoms with Crippen LogP contribution in [0.1, 0.15) is 0 Å². The Hall–Kier alpha value is -2.30. The lowest BCUT2D eigenvalue weighted by Gasteiger charge is -2.10. The second-order valence-electron chi connectivity index (χ2n) is 3.10. The molecule has 2 rings (SSSR count). The van der Waals surface area contributed by atoms with E-state index in [1.807, 2.05) is 22.8 Å². The molecule has 5 nitrogen and oxygen atoms in total. The molecule has 0 unspecified atom stereocenters. The number of rotatable bonds is 2. The van der Waals surface area contributed by atoms with Crippen molar-refractivity contribution in [3.05, 3.63) is 43.0 Å². The fraction of sp³-hybridized carbons (Fsp3) is 0.0909. The van der Waals surface area contributed by atoms with Gasteiger partial charge >= 0.3 is 6.09 Å². The average Bonchev–Trinajstić information content (AvgIpc) is 2.83. The first kappa shape index (κ1) is 10.2. The van der Waals surface area contributed by atoms with Crippen LogP contribution in [-0.2, 0) is 4.74 Å². The van der Waals surface area contributed by atoms with Crippen molar-refractivity contribution in [2.75, 3.05) is 12.4 Å². The van der Waals surface area contributed by atoms with Gasteiger partial charge in [0.25, 0.3) is 0 Å². The lowest BCUT2D eigenvalue weighted by molar-refractivity contribution is 0.187. The Kier molecular flexibility index (Phi) is 2.86. The highest BCUT2D eigenvalue weighted by atomic mass is 16.5. The number of nitrogens with zero attached hydrogens (tertiary/aromatic N) is 2. The summed E-state index contributed by atoms with van der Waals surface area (Å²) in [7, 11) is 1.33. The van der Waals surface area contributed by atoms with E-state index < -0.39 is 6.09 Å². The molecule has 0 radical (unpaired) electrons. The second kappa shape index (κ2) is 4.48. The van der Waals surface area contributed by atoms with Crippen molar-refractivity contribution in [1.82, 2.24) is 9.55 Å². The molecule has 0 aliphatic carbocycles. The topological polar surface area (TPSA) is 56.1 Å². The number of imidazole rings is 1. The third kappa shape index (κ3) is 2.03. The van der Waals surface area contributed by atoms with Gasteiger partial charge in [0, 0.05) is 12.4 Å². The first-order valence-electron chi connectivity index (χ1n) is 4.73. The Morgan fingerprint density at radius 3 is 2.94 bits per heavy atom. The molecule has 1 aromatic carbocycles. The van der Waals surface area contributed by atoms with Gasteiger partial charge in [0.05, 0.1) is 24.8 Å². The minimum atomic E-state index is -0.493. The number of benzene rings is 1. The minimum absolute atomic E-state index is 0.493. The Labute approximate surface area is 92.7 Å². The SMILES string of the molecule is COC(=O)Nc1ccccc1-n1ccnc1. The van der Waals surface area contributed by atoms with Crippen LogP contribution in [0, 0.1) is 0 Å². The molecular weight excluding hydrogens is 206 g/mol. The van der Waals surface area contributed by atoms with Gasteiger partial charge in [0.1, 0.15) is 0 Å². The fourth-order valence-electron chi connectivity index (χ4n) is 1.37. The first-order chi connectivity index (χ1) is 7.81. The predicted octanol–water partition coefficient (Wildman–Crippen LogP) is 2.05. The minimum Gasteiger partial charge on any atom is -0.453 e. The van der Waals surface area contributed by atoms with Crippen molar-refractivity contribution in [2.45, 2.75) is 0 Å². The number of para-hydroxylation sites is 2. The van der Waals surface area contributed by atoms with Crippen molar-refractivity contribution in [1.29, 1.82) is 0 Å². The van der Waals surface area contributed by atoms with E-state index in [4.69, 9.17) is 0 Å². The number of ether oxygens (including phenoxy) is 1. The van der Waals surface area contributed by atoms with Crippen molar-refractivity contribution >= 4 is 11.8 Å². The van der Waals surface area contributed by atoms with Crippen LogP contribution in [0.5, 0.6) is 0 Å². The van der Waals surface area contributed by atoms with Gasteiger partial charge in [-0.1, -0.05) is 12.1 Å². The normalized spacial score (nSPS) is 9.81. The van der Waals surface area contributed by atoms with E-state index in [1.165, 1.54) is 7.11 Å². The highest BCUT2D eigenvalue weighted by Gasteiger charge is 2.06. The zero-order chi connectivity index (χ0) is 11.4. The number of hydrogen-bond acceptors (Lipinski definition) is 3. The molecule has 0 bridgehead atoms. The van der Waals surface area contributed by atoms with E-state index in [0.29, 0.717) is 5.69 Å². The summed E-state index contributed by atoms with van der Waals surface area (Å²) in [5, 5.41) is 2.64. The number of carbonyl (C=O) groups excluding carboxylic acids is 1. The second-order valence-corrected chi connectivity index (χ2v) is 3.10. The van der Waals surface area contributed by atoms with Crippen LogP contribution in [0.15, 0.2) is 43.0 Å². The van der Waals surface area contributed by atoms with Crippen molar-refractivity contribution in [3.63, 3.8) is 0 Å². The van der Waals surface area contributed by atoms with Crippen LogP contribution >= 0.6 is 0 Å². The molecule has 1 N–H and O–H groups in total. The van der Waals surface area contributed by atoms with Crippen molar-refractivity contribution in [3.8, 4) is 5.69 Å². The fourth-order valence-corrected chi connectivity index (χ4v) is 1.37. The molecule has 5 heteroatoms. The van der Waals surface area contributed by atoms with E-state index >= 15 is 0 Å². The summed E-state index contributed by atoms with van der Waals surface area (Å²) >= 11 is 0. The van der Waals surface area contributed by atoms with Gasteiger partial charge in [-0.25, -0.2) is 9.78 Å². The molecule has 0 saturated carbocycles. The molecule has 16 heavy (non-hydrogen) atoms. The molecule has 0 aliphatic heterocycles. The molecule has 1 heterocycles. The van der Waals surface area contributed by atoms with E-state index in [-0.39, 0.29) is 0 Å². The third-order valence-electron chi connectivity index (χ3n) is 2.11. The Morgan fingerprint density at radius 1 is 1.44 bits per heavy atom. The largest absolute Gasteiger partial charge is 0.453 e. The molecule has 0 saturated heterocycles. The van der Waals surface area contributed by atoms with E-state index in [0.717, 1.165) is 5.69 Å². The molecule has 0 atom stereocenters. The van der Waals surface area contributed by atoms with E-state index in [9.17, 15) is 4.79 Å². The molecule has 2 aromatic rings. The predicted molar refractivity (Wildman–Crippen MR) is 59.6 cm³/mol. The lowest BCUT2D eigenvalue weighted by atomic mass is 10.2. The van der Waals surface area contributed by atoms with Gasteiger partial charge in [-0.15, -0.1) is 0 Å². The number of anilines is 1. The Morgan fingerprint density at radius 2 is 2.25 bits per heavy atom. The summed E-state index contributed by atoms with van der Waals surface area (Å²) in [6.07, 6.45) is 4.65. The monoisotopic (exact) mass is 217 g/mol. The number of methoxy groups -OCH3 is 1. The van der Waals surface area contributed by atoms with Crippen LogP contribution in [0.2, 0.25) is 0 Å². The van der Waals surface area contributed by atoms with Crippen LogP contribution in [-0.4, -0.2) is 22.8 Å². The molecule has 1 amide bonds. The number of amides is 1. The molecule has 0 spiro atoms. The summed E-state index contributed by atoms with van der Waals surface area (Å²) < 4.78 is 6.36. The van der Waals surface area contributed by atoms with Gasteiger partial charge in [-0.2, -0.15) is 0 Å². The van der Waals surface area contributed by atoms with Gasteiger partial charge in [-0.3, -0.25) is 5.32 Å².